The Morgan fingerprint density at radius 3 is 1.75 bits per heavy atom. The van der Waals surface area contributed by atoms with Crippen LogP contribution in [-0.2, 0) is 28.8 Å². The molecule has 1 atom stereocenters. The molecule has 0 aliphatic heterocycles. The molecule has 1 rings (SSSR count). The van der Waals surface area contributed by atoms with Gasteiger partial charge >= 0.3 is 35.8 Å². The average molecular weight is 689 g/mol. The van der Waals surface area contributed by atoms with E-state index in [4.69, 9.17) is 15.9 Å². The molecule has 266 valence electrons. The molecule has 0 spiro atoms. The van der Waals surface area contributed by atoms with Crippen molar-refractivity contribution in [1.29, 1.82) is 0 Å². The molecule has 0 fully saturated rings. The number of amides is 1. The van der Waals surface area contributed by atoms with Crippen LogP contribution in [0.25, 0.3) is 0 Å². The molecule has 0 heterocycles. The van der Waals surface area contributed by atoms with Gasteiger partial charge in [0.05, 0.1) is 42.1 Å². The third-order valence-corrected chi connectivity index (χ3v) is 6.96. The van der Waals surface area contributed by atoms with Crippen molar-refractivity contribution >= 4 is 52.8 Å². The Morgan fingerprint density at radius 1 is 0.771 bits per heavy atom. The molecule has 0 aliphatic rings. The van der Waals surface area contributed by atoms with Gasteiger partial charge in [-0.25, -0.2) is 18.9 Å². The summed E-state index contributed by atoms with van der Waals surface area (Å²) in [6.45, 7) is -5.88. The number of nitrogens with two attached hydrogens (primary N) is 1. The van der Waals surface area contributed by atoms with Crippen LogP contribution in [0.3, 0.4) is 0 Å². The van der Waals surface area contributed by atoms with Crippen LogP contribution in [0, 0.1) is 20.2 Å². The number of rotatable bonds is 25. The summed E-state index contributed by atoms with van der Waals surface area (Å²) in [5.74, 6) is -8.43. The fourth-order valence-corrected chi connectivity index (χ4v) is 4.85. The number of benzene rings is 1. The van der Waals surface area contributed by atoms with Gasteiger partial charge in [0, 0.05) is 25.7 Å². The van der Waals surface area contributed by atoms with Crippen molar-refractivity contribution in [3.8, 4) is 0 Å². The first-order valence-electron chi connectivity index (χ1n) is 14.2. The highest BCUT2D eigenvalue weighted by molar-refractivity contribution is 5.84. The molecular weight excluding hydrogens is 650 g/mol. The van der Waals surface area contributed by atoms with E-state index in [1.54, 1.807) is 0 Å². The number of nitro benzene ring substituents is 2. The van der Waals surface area contributed by atoms with E-state index >= 15 is 0 Å². The molecular formula is C26H38N7O15+. The van der Waals surface area contributed by atoms with E-state index in [1.807, 2.05) is 0 Å². The molecule has 0 unspecified atom stereocenters. The quantitative estimate of drug-likeness (QED) is 0.0274. The van der Waals surface area contributed by atoms with Gasteiger partial charge in [-0.2, -0.15) is 0 Å². The van der Waals surface area contributed by atoms with Crippen LogP contribution < -0.4 is 11.1 Å². The van der Waals surface area contributed by atoms with Gasteiger partial charge in [0.15, 0.2) is 13.1 Å². The molecule has 0 radical (unpaired) electrons. The van der Waals surface area contributed by atoms with Crippen molar-refractivity contribution < 1.29 is 68.6 Å². The van der Waals surface area contributed by atoms with Gasteiger partial charge in [-0.05, 0) is 31.9 Å². The Kier molecular flexibility index (Phi) is 16.4. The summed E-state index contributed by atoms with van der Waals surface area (Å²) >= 11 is 0. The highest BCUT2D eigenvalue weighted by Gasteiger charge is 2.45. The Labute approximate surface area is 271 Å². The molecule has 8 N–H and O–H groups in total. The van der Waals surface area contributed by atoms with Crippen LogP contribution in [-0.4, -0.2) is 157 Å². The van der Waals surface area contributed by atoms with E-state index in [0.29, 0.717) is 12.5 Å². The first-order chi connectivity index (χ1) is 22.4. The summed E-state index contributed by atoms with van der Waals surface area (Å²) in [5, 5.41) is 72.7. The third kappa shape index (κ3) is 14.0. The van der Waals surface area contributed by atoms with Gasteiger partial charge in [-0.1, -0.05) is 0 Å². The Bertz CT molecular complexity index is 1340. The zero-order valence-corrected chi connectivity index (χ0v) is 25.6. The van der Waals surface area contributed by atoms with Crippen LogP contribution >= 0.6 is 0 Å². The first-order valence-corrected chi connectivity index (χ1v) is 14.2. The Morgan fingerprint density at radius 2 is 1.29 bits per heavy atom. The maximum absolute atomic E-state index is 14.2. The lowest BCUT2D eigenvalue weighted by Gasteiger charge is -2.37. The number of quaternary nitrogens is 1. The van der Waals surface area contributed by atoms with Crippen molar-refractivity contribution in [2.24, 2.45) is 5.73 Å². The summed E-state index contributed by atoms with van der Waals surface area (Å²) < 4.78 is -1.32. The van der Waals surface area contributed by atoms with Crippen LogP contribution in [0.5, 0.6) is 0 Å². The van der Waals surface area contributed by atoms with Crippen LogP contribution in [0.2, 0.25) is 0 Å². The number of carboxylic acids is 5. The number of nitro groups is 2. The summed E-state index contributed by atoms with van der Waals surface area (Å²) in [6, 6.07) is 1.04. The van der Waals surface area contributed by atoms with Gasteiger partial charge in [0.1, 0.15) is 11.7 Å². The summed E-state index contributed by atoms with van der Waals surface area (Å²) in [6.07, 6.45) is 0.401. The summed E-state index contributed by atoms with van der Waals surface area (Å²) in [4.78, 5) is 95.5. The van der Waals surface area contributed by atoms with Crippen molar-refractivity contribution in [2.45, 2.75) is 25.3 Å². The van der Waals surface area contributed by atoms with Crippen LogP contribution in [0.15, 0.2) is 18.2 Å². The number of aliphatic carboxylic acids is 5. The standard InChI is InChI=1S/C26H37N7O15/c27-6-2-1-3-19(28-18-5-4-17(31(45)46)11-20(18)32(47)48)26(44)33(15-24(40)41,16-25(42)43)10-9-29(12-21(34)35)7-8-30(13-22(36)37)14-23(38)39/h4-5,11,19,28H,1-3,6-10,12-16,27H2,(H4-,34,35,36,37,38,39,40,41,42,43)/p+1/t19-/m0/s1. The SMILES string of the molecule is NCCCC[C@H](Nc1ccc([N+](=O)[O-])cc1[N+](=O)[O-])C(=O)[N+](CCN(CCN(CC(=O)O)CC(=O)O)CC(=O)O)(CC(=O)O)CC(=O)O. The Hall–Kier alpha value is -5.32. The number of carbonyl (C=O) groups is 6. The second-order valence-electron chi connectivity index (χ2n) is 10.7. The molecule has 1 aromatic carbocycles. The minimum absolute atomic E-state index is 0.137. The van der Waals surface area contributed by atoms with Gasteiger partial charge in [-0.15, -0.1) is 0 Å². The lowest BCUT2D eigenvalue weighted by atomic mass is 10.0. The average Bonchev–Trinajstić information content (AvgIpc) is 2.95. The fraction of sp³-hybridized carbons (Fsp3) is 0.538. The second-order valence-corrected chi connectivity index (χ2v) is 10.7. The highest BCUT2D eigenvalue weighted by atomic mass is 16.6. The molecule has 48 heavy (non-hydrogen) atoms. The number of hydrogen-bond donors (Lipinski definition) is 7. The number of anilines is 1. The Balaban J connectivity index is 3.60. The molecule has 0 bridgehead atoms. The molecule has 0 saturated heterocycles. The van der Waals surface area contributed by atoms with E-state index in [0.717, 1.165) is 21.9 Å². The highest BCUT2D eigenvalue weighted by Crippen LogP contribution is 2.31. The largest absolute Gasteiger partial charge is 0.480 e. The number of nitrogens with zero attached hydrogens (tertiary/aromatic N) is 5. The van der Waals surface area contributed by atoms with Crippen molar-refractivity contribution in [1.82, 2.24) is 9.80 Å². The number of carbonyl (C=O) groups excluding carboxylic acids is 1. The lowest BCUT2D eigenvalue weighted by molar-refractivity contribution is -0.840. The van der Waals surface area contributed by atoms with Gasteiger partial charge < -0.3 is 36.6 Å². The predicted octanol–water partition coefficient (Wildman–Crippen LogP) is -1.22. The van der Waals surface area contributed by atoms with Gasteiger partial charge in [-0.3, -0.25) is 44.4 Å². The molecule has 0 aromatic heterocycles. The van der Waals surface area contributed by atoms with Crippen molar-refractivity contribution in [2.75, 3.05) is 70.8 Å². The molecule has 22 nitrogen and oxygen atoms in total. The molecule has 1 aromatic rings. The monoisotopic (exact) mass is 688 g/mol. The van der Waals surface area contributed by atoms with E-state index in [-0.39, 0.29) is 38.2 Å². The van der Waals surface area contributed by atoms with Gasteiger partial charge in [0.2, 0.25) is 0 Å². The van der Waals surface area contributed by atoms with Crippen molar-refractivity contribution in [3.63, 3.8) is 0 Å². The molecule has 0 saturated carbocycles. The topological polar surface area (TPSA) is 334 Å². The molecule has 22 heteroatoms. The van der Waals surface area contributed by atoms with E-state index in [9.17, 15) is 64.3 Å². The lowest BCUT2D eigenvalue weighted by Crippen LogP contribution is -2.64. The number of nitrogens with one attached hydrogen (secondary N) is 1. The zero-order valence-electron chi connectivity index (χ0n) is 25.6. The maximum Gasteiger partial charge on any atom is 0.359 e. The van der Waals surface area contributed by atoms with Gasteiger partial charge in [0.25, 0.3) is 11.4 Å². The zero-order chi connectivity index (χ0) is 36.6. The van der Waals surface area contributed by atoms with Crippen LogP contribution in [0.1, 0.15) is 19.3 Å². The van der Waals surface area contributed by atoms with E-state index < -0.39 is 113 Å². The summed E-state index contributed by atoms with van der Waals surface area (Å²) in [7, 11) is 0. The smallest absolute Gasteiger partial charge is 0.359 e. The van der Waals surface area contributed by atoms with Crippen molar-refractivity contribution in [3.05, 3.63) is 38.4 Å². The van der Waals surface area contributed by atoms with E-state index in [2.05, 4.69) is 5.32 Å². The first kappa shape index (κ1) is 40.7. The normalized spacial score (nSPS) is 12.0. The van der Waals surface area contributed by atoms with Crippen LogP contribution in [0.4, 0.5) is 17.1 Å². The van der Waals surface area contributed by atoms with E-state index in [1.165, 1.54) is 0 Å². The molecule has 1 amide bonds. The minimum atomic E-state index is -1.62. The number of carboxylic acid groups (broad SMARTS) is 5. The fourth-order valence-electron chi connectivity index (χ4n) is 4.85. The predicted molar refractivity (Wildman–Crippen MR) is 161 cm³/mol. The number of unbranched alkanes of at least 4 members (excludes halogenated alkanes) is 1. The molecule has 0 aliphatic carbocycles. The summed E-state index contributed by atoms with van der Waals surface area (Å²) in [5.41, 5.74) is 3.77. The maximum atomic E-state index is 14.2. The number of non-ortho nitro benzene ring substituents is 1. The third-order valence-electron chi connectivity index (χ3n) is 6.96. The second kappa shape index (κ2) is 19.4. The minimum Gasteiger partial charge on any atom is -0.480 e. The number of hydrogen-bond acceptors (Lipinski definition) is 14.